The van der Waals surface area contributed by atoms with E-state index >= 15 is 0 Å². The summed E-state index contributed by atoms with van der Waals surface area (Å²) >= 11 is 4.13. The molecule has 2 heterocycles. The standard InChI is InChI=1S/C7H7NO2.C7H6O2.C7H8O.C7H8S.C6H7N.5C4H10/c1-5-2-3-8-6(4-5)7(9)10;8-7(9)6-4-2-1-3-5-6;2*1-6-2-4-7(8)5-3-6;1-6-2-4-7-5-3-6;5*1-4(2)3/h2-4H,1H3,(H,9,10);1-5H,(H,8,9);2*2-5,8H,1H3;2-5H,1H3;5*4H,1-3H3. The fourth-order valence-corrected chi connectivity index (χ4v) is 2.90. The quantitative estimate of drug-likeness (QED) is 0.130. The molecule has 0 unspecified atom stereocenters. The van der Waals surface area contributed by atoms with Crippen LogP contribution in [0.1, 0.15) is 147 Å². The topological polar surface area (TPSA) is 121 Å². The van der Waals surface area contributed by atoms with E-state index in [1.165, 1.54) is 29.0 Å². The van der Waals surface area contributed by atoms with E-state index in [4.69, 9.17) is 15.3 Å². The molecule has 0 saturated carbocycles. The third-order valence-corrected chi connectivity index (χ3v) is 5.37. The first-order chi connectivity index (χ1) is 28.6. The van der Waals surface area contributed by atoms with Crippen LogP contribution in [0.5, 0.6) is 5.75 Å². The number of aromatic nitrogens is 2. The van der Waals surface area contributed by atoms with Crippen LogP contribution < -0.4 is 0 Å². The van der Waals surface area contributed by atoms with E-state index in [0.29, 0.717) is 11.3 Å². The van der Waals surface area contributed by atoms with Gasteiger partial charge in [0, 0.05) is 23.5 Å². The molecule has 0 saturated heterocycles. The van der Waals surface area contributed by atoms with Crippen LogP contribution in [0.25, 0.3) is 0 Å². The Balaban J connectivity index is -0.000000198. The van der Waals surface area contributed by atoms with Crippen molar-refractivity contribution in [1.82, 2.24) is 9.97 Å². The van der Waals surface area contributed by atoms with Crippen molar-refractivity contribution in [1.29, 1.82) is 0 Å². The van der Waals surface area contributed by atoms with Crippen LogP contribution in [0.3, 0.4) is 0 Å². The zero-order chi connectivity index (χ0) is 49.2. The minimum Gasteiger partial charge on any atom is -0.508 e. The predicted octanol–water partition coefficient (Wildman–Crippen LogP) is 16.2. The summed E-state index contributed by atoms with van der Waals surface area (Å²) in [6, 6.07) is 30.7. The zero-order valence-electron chi connectivity index (χ0n) is 41.9. The van der Waals surface area contributed by atoms with Crippen LogP contribution in [0.2, 0.25) is 0 Å². The number of aromatic hydroxyl groups is 1. The molecule has 0 bridgehead atoms. The van der Waals surface area contributed by atoms with Gasteiger partial charge in [-0.1, -0.05) is 157 Å². The number of thiol groups is 1. The lowest BCUT2D eigenvalue weighted by Crippen LogP contribution is -1.99. The summed E-state index contributed by atoms with van der Waals surface area (Å²) in [4.78, 5) is 29.0. The molecular formula is C54H86N2O5S. The Hall–Kier alpha value is -4.95. The van der Waals surface area contributed by atoms with Gasteiger partial charge in [-0.3, -0.25) is 4.98 Å². The molecule has 5 aromatic rings. The van der Waals surface area contributed by atoms with Crippen molar-refractivity contribution in [2.24, 2.45) is 29.6 Å². The molecule has 0 amide bonds. The van der Waals surface area contributed by atoms with Crippen molar-refractivity contribution in [3.8, 4) is 5.75 Å². The minimum atomic E-state index is -0.983. The van der Waals surface area contributed by atoms with E-state index in [-0.39, 0.29) is 5.69 Å². The smallest absolute Gasteiger partial charge is 0.354 e. The SMILES string of the molecule is CC(C)C.CC(C)C.CC(C)C.CC(C)C.CC(C)C.Cc1ccc(O)cc1.Cc1ccc(S)cc1.Cc1ccnc(C(=O)O)c1.Cc1ccncc1.O=C(O)c1ccccc1. The average Bonchev–Trinajstić information content (AvgIpc) is 3.15. The van der Waals surface area contributed by atoms with Crippen molar-refractivity contribution >= 4 is 24.6 Å². The molecule has 0 spiro atoms. The highest BCUT2D eigenvalue weighted by molar-refractivity contribution is 7.80. The van der Waals surface area contributed by atoms with Gasteiger partial charge in [-0.2, -0.15) is 0 Å². The highest BCUT2D eigenvalue weighted by Gasteiger charge is 2.01. The Morgan fingerprint density at radius 1 is 0.452 bits per heavy atom. The number of carboxylic acids is 2. The summed E-state index contributed by atoms with van der Waals surface area (Å²) in [5.41, 5.74) is 5.05. The van der Waals surface area contributed by atoms with Gasteiger partial charge >= 0.3 is 11.9 Å². The van der Waals surface area contributed by atoms with Crippen molar-refractivity contribution < 1.29 is 24.9 Å². The van der Waals surface area contributed by atoms with E-state index < -0.39 is 11.9 Å². The van der Waals surface area contributed by atoms with Crippen LogP contribution in [-0.2, 0) is 0 Å². The van der Waals surface area contributed by atoms with Gasteiger partial charge in [0.15, 0.2) is 0 Å². The van der Waals surface area contributed by atoms with Crippen molar-refractivity contribution in [3.05, 3.63) is 155 Å². The molecule has 2 aromatic heterocycles. The molecule has 3 aromatic carbocycles. The van der Waals surface area contributed by atoms with Crippen LogP contribution in [-0.4, -0.2) is 37.2 Å². The Morgan fingerprint density at radius 2 is 0.774 bits per heavy atom. The second-order valence-electron chi connectivity index (χ2n) is 17.6. The first-order valence-corrected chi connectivity index (χ1v) is 21.9. The molecule has 0 aliphatic heterocycles. The van der Waals surface area contributed by atoms with Gasteiger partial charge in [-0.05, 0) is 129 Å². The predicted molar refractivity (Wildman–Crippen MR) is 272 cm³/mol. The largest absolute Gasteiger partial charge is 0.508 e. The van der Waals surface area contributed by atoms with E-state index in [1.807, 2.05) is 69.3 Å². The highest BCUT2D eigenvalue weighted by Crippen LogP contribution is 2.07. The molecule has 0 aliphatic carbocycles. The first kappa shape index (κ1) is 66.2. The number of phenolic OH excluding ortho intramolecular Hbond substituents is 1. The number of aryl methyl sites for hydroxylation is 4. The maximum atomic E-state index is 10.3. The summed E-state index contributed by atoms with van der Waals surface area (Å²) in [7, 11) is 0. The molecule has 3 N–H and O–H groups in total. The lowest BCUT2D eigenvalue weighted by Gasteiger charge is -1.92. The number of phenols is 1. The summed E-state index contributed by atoms with van der Waals surface area (Å²) < 4.78 is 0. The van der Waals surface area contributed by atoms with Crippen LogP contribution >= 0.6 is 12.6 Å². The summed E-state index contributed by atoms with van der Waals surface area (Å²) in [5, 5.41) is 25.6. The molecular weight excluding hydrogens is 789 g/mol. The van der Waals surface area contributed by atoms with E-state index in [0.717, 1.165) is 40.0 Å². The first-order valence-electron chi connectivity index (χ1n) is 21.5. The Bertz CT molecular complexity index is 1570. The number of rotatable bonds is 2. The molecule has 7 nitrogen and oxygen atoms in total. The van der Waals surface area contributed by atoms with Gasteiger partial charge in [0.1, 0.15) is 11.4 Å². The van der Waals surface area contributed by atoms with Gasteiger partial charge in [-0.15, -0.1) is 12.6 Å². The van der Waals surface area contributed by atoms with Crippen molar-refractivity contribution in [3.63, 3.8) is 0 Å². The van der Waals surface area contributed by atoms with Gasteiger partial charge in [-0.25, -0.2) is 14.6 Å². The molecule has 5 rings (SSSR count). The number of hydrogen-bond acceptors (Lipinski definition) is 6. The van der Waals surface area contributed by atoms with E-state index in [9.17, 15) is 9.59 Å². The zero-order valence-corrected chi connectivity index (χ0v) is 42.8. The molecule has 348 valence electrons. The number of aromatic carboxylic acids is 2. The minimum absolute atomic E-state index is 0.0972. The van der Waals surface area contributed by atoms with Gasteiger partial charge < -0.3 is 15.3 Å². The third kappa shape index (κ3) is 66.8. The monoisotopic (exact) mass is 875 g/mol. The van der Waals surface area contributed by atoms with E-state index in [1.54, 1.807) is 60.9 Å². The highest BCUT2D eigenvalue weighted by atomic mass is 32.1. The molecule has 0 radical (unpaired) electrons. The lowest BCUT2D eigenvalue weighted by molar-refractivity contribution is 0.0682. The van der Waals surface area contributed by atoms with Crippen molar-refractivity contribution in [2.45, 2.75) is 136 Å². The number of hydrogen-bond donors (Lipinski definition) is 4. The maximum Gasteiger partial charge on any atom is 0.354 e. The fraction of sp³-hybridized carbons (Fsp3) is 0.444. The second kappa shape index (κ2) is 44.1. The summed E-state index contributed by atoms with van der Waals surface area (Å²) in [6.07, 6.45) is 5.06. The van der Waals surface area contributed by atoms with E-state index in [2.05, 4.69) is 133 Å². The van der Waals surface area contributed by atoms with Crippen LogP contribution in [0.15, 0.2) is 127 Å². The number of nitrogens with zero attached hydrogens (tertiary/aromatic N) is 2. The molecule has 8 heteroatoms. The van der Waals surface area contributed by atoms with Gasteiger partial charge in [0.05, 0.1) is 5.56 Å². The van der Waals surface area contributed by atoms with Crippen LogP contribution in [0, 0.1) is 57.3 Å². The second-order valence-corrected chi connectivity index (χ2v) is 18.1. The maximum absolute atomic E-state index is 10.3. The molecule has 0 aliphatic rings. The Labute approximate surface area is 385 Å². The number of carbonyl (C=O) groups is 2. The number of carboxylic acid groups (broad SMARTS) is 2. The summed E-state index contributed by atoms with van der Waals surface area (Å²) in [5.74, 6) is 2.63. The molecule has 0 fully saturated rings. The molecule has 0 atom stereocenters. The third-order valence-electron chi connectivity index (χ3n) is 5.07. The molecule has 62 heavy (non-hydrogen) atoms. The Morgan fingerprint density at radius 3 is 1.00 bits per heavy atom. The number of benzene rings is 3. The summed E-state index contributed by atoms with van der Waals surface area (Å²) in [6.45, 7) is 40.4. The van der Waals surface area contributed by atoms with Gasteiger partial charge in [0.2, 0.25) is 0 Å². The Kier molecular flexibility index (Phi) is 47.1. The lowest BCUT2D eigenvalue weighted by atomic mass is 10.2. The van der Waals surface area contributed by atoms with Crippen molar-refractivity contribution in [2.75, 3.05) is 0 Å². The average molecular weight is 875 g/mol. The fourth-order valence-electron chi connectivity index (χ4n) is 2.75. The number of pyridine rings is 2. The normalized spacial score (nSPS) is 9.05. The van der Waals surface area contributed by atoms with Crippen LogP contribution in [0.4, 0.5) is 0 Å². The van der Waals surface area contributed by atoms with Gasteiger partial charge in [0.25, 0.3) is 0 Å².